The van der Waals surface area contributed by atoms with Crippen molar-refractivity contribution in [1.29, 1.82) is 0 Å². The number of unbranched alkanes of at least 4 members (excludes halogenated alkanes) is 2. The number of fused-ring (bicyclic) bond motifs is 1. The number of carbonyl (C=O) groups is 2. The summed E-state index contributed by atoms with van der Waals surface area (Å²) in [6, 6.07) is 21.7. The molecule has 0 aliphatic carbocycles. The predicted molar refractivity (Wildman–Crippen MR) is 171 cm³/mol. The van der Waals surface area contributed by atoms with Crippen molar-refractivity contribution in [1.82, 2.24) is 25.6 Å². The molecule has 0 aliphatic heterocycles. The molecule has 1 unspecified atom stereocenters. The van der Waals surface area contributed by atoms with Crippen LogP contribution in [0.1, 0.15) is 59.4 Å². The van der Waals surface area contributed by atoms with Crippen LogP contribution in [-0.2, 0) is 17.5 Å². The molecule has 3 heterocycles. The Morgan fingerprint density at radius 2 is 1.67 bits per heavy atom. The minimum atomic E-state index is -4.46. The fraction of sp³-hybridized carbons (Fsp3) is 0.229. The molecule has 0 aliphatic rings. The first-order valence-electron chi connectivity index (χ1n) is 15.0. The molecule has 0 saturated heterocycles. The minimum Gasteiger partial charge on any atom is -0.354 e. The zero-order chi connectivity index (χ0) is 32.5. The Morgan fingerprint density at radius 1 is 0.870 bits per heavy atom. The second-order valence-corrected chi connectivity index (χ2v) is 10.7. The van der Waals surface area contributed by atoms with E-state index in [1.165, 1.54) is 18.3 Å². The van der Waals surface area contributed by atoms with Crippen LogP contribution in [0.4, 0.5) is 19.0 Å². The number of rotatable bonds is 12. The number of nitrogens with zero attached hydrogens (tertiary/aromatic N) is 3. The monoisotopic (exact) mass is 626 g/mol. The molecule has 46 heavy (non-hydrogen) atoms. The maximum Gasteiger partial charge on any atom is 0.416 e. The van der Waals surface area contributed by atoms with Gasteiger partial charge in [-0.1, -0.05) is 44.0 Å². The van der Waals surface area contributed by atoms with Gasteiger partial charge in [-0.2, -0.15) is 13.2 Å². The molecule has 5 aromatic rings. The van der Waals surface area contributed by atoms with Crippen LogP contribution in [0.25, 0.3) is 22.2 Å². The maximum absolute atomic E-state index is 13.2. The van der Waals surface area contributed by atoms with Gasteiger partial charge in [0.25, 0.3) is 5.91 Å². The molecule has 0 fully saturated rings. The molecule has 236 valence electrons. The molecule has 2 aromatic carbocycles. The molecule has 8 nitrogen and oxygen atoms in total. The number of amides is 2. The van der Waals surface area contributed by atoms with Crippen LogP contribution in [0.15, 0.2) is 97.3 Å². The van der Waals surface area contributed by atoms with Gasteiger partial charge in [0.05, 0.1) is 28.0 Å². The van der Waals surface area contributed by atoms with E-state index >= 15 is 0 Å². The van der Waals surface area contributed by atoms with Gasteiger partial charge in [0.15, 0.2) is 0 Å². The Kier molecular flexibility index (Phi) is 10.3. The molecule has 0 saturated carbocycles. The van der Waals surface area contributed by atoms with Crippen LogP contribution in [-0.4, -0.2) is 33.3 Å². The molecule has 1 atom stereocenters. The highest BCUT2D eigenvalue weighted by Gasteiger charge is 2.30. The fourth-order valence-corrected chi connectivity index (χ4v) is 4.96. The van der Waals surface area contributed by atoms with Gasteiger partial charge in [-0.3, -0.25) is 24.9 Å². The Labute approximate surface area is 264 Å². The van der Waals surface area contributed by atoms with E-state index in [4.69, 9.17) is 0 Å². The molecule has 0 bridgehead atoms. The number of nitrogens with one attached hydrogen (secondary N) is 3. The Hall–Kier alpha value is -5.16. The average Bonchev–Trinajstić information content (AvgIpc) is 3.07. The summed E-state index contributed by atoms with van der Waals surface area (Å²) >= 11 is 0. The van der Waals surface area contributed by atoms with Crippen LogP contribution in [0.3, 0.4) is 0 Å². The third-order valence-electron chi connectivity index (χ3n) is 7.37. The first-order valence-corrected chi connectivity index (χ1v) is 15.0. The van der Waals surface area contributed by atoms with Gasteiger partial charge >= 0.3 is 6.18 Å². The summed E-state index contributed by atoms with van der Waals surface area (Å²) in [6.45, 7) is 3.13. The van der Waals surface area contributed by atoms with Crippen molar-refractivity contribution in [3.8, 4) is 11.3 Å². The highest BCUT2D eigenvalue weighted by atomic mass is 19.4. The smallest absolute Gasteiger partial charge is 0.354 e. The van der Waals surface area contributed by atoms with Crippen molar-refractivity contribution in [2.75, 3.05) is 11.9 Å². The number of carbonyl (C=O) groups excluding carboxylic acids is 2. The largest absolute Gasteiger partial charge is 0.416 e. The van der Waals surface area contributed by atoms with E-state index in [2.05, 4.69) is 37.8 Å². The summed E-state index contributed by atoms with van der Waals surface area (Å²) < 4.78 is 39.1. The second kappa shape index (κ2) is 14.7. The van der Waals surface area contributed by atoms with E-state index in [1.54, 1.807) is 24.4 Å². The number of pyridine rings is 3. The van der Waals surface area contributed by atoms with E-state index in [-0.39, 0.29) is 17.2 Å². The van der Waals surface area contributed by atoms with Crippen molar-refractivity contribution in [3.63, 3.8) is 0 Å². The van der Waals surface area contributed by atoms with Crippen molar-refractivity contribution in [3.05, 3.63) is 120 Å². The third-order valence-corrected chi connectivity index (χ3v) is 7.37. The van der Waals surface area contributed by atoms with Gasteiger partial charge in [0.2, 0.25) is 5.91 Å². The van der Waals surface area contributed by atoms with Gasteiger partial charge < -0.3 is 10.6 Å². The van der Waals surface area contributed by atoms with Crippen molar-refractivity contribution in [2.45, 2.75) is 44.9 Å². The van der Waals surface area contributed by atoms with Gasteiger partial charge in [0.1, 0.15) is 11.9 Å². The summed E-state index contributed by atoms with van der Waals surface area (Å²) in [6.07, 6.45) is 1.71. The molecule has 0 spiro atoms. The zero-order valence-electron chi connectivity index (χ0n) is 25.1. The van der Waals surface area contributed by atoms with Gasteiger partial charge in [-0.15, -0.1) is 0 Å². The van der Waals surface area contributed by atoms with E-state index in [9.17, 15) is 22.8 Å². The number of alkyl halides is 3. The first-order chi connectivity index (χ1) is 22.2. The first kappa shape index (κ1) is 32.2. The van der Waals surface area contributed by atoms with Crippen LogP contribution in [0, 0.1) is 0 Å². The number of hydrogen-bond acceptors (Lipinski definition) is 6. The molecular weight excluding hydrogens is 593 g/mol. The zero-order valence-corrected chi connectivity index (χ0v) is 25.1. The molecule has 0 radical (unpaired) electrons. The lowest BCUT2D eigenvalue weighted by molar-refractivity contribution is -0.137. The normalized spacial score (nSPS) is 12.1. The summed E-state index contributed by atoms with van der Waals surface area (Å²) in [5.41, 5.74) is 2.26. The molecule has 5 rings (SSSR count). The number of hydrogen-bond donors (Lipinski definition) is 3. The Balaban J connectivity index is 1.27. The molecule has 11 heteroatoms. The van der Waals surface area contributed by atoms with Crippen LogP contribution in [0.2, 0.25) is 0 Å². The number of anilines is 1. The lowest BCUT2D eigenvalue weighted by atomic mass is 10.0. The second-order valence-electron chi connectivity index (χ2n) is 10.7. The van der Waals surface area contributed by atoms with E-state index in [1.807, 2.05) is 42.5 Å². The third kappa shape index (κ3) is 8.10. The van der Waals surface area contributed by atoms with E-state index in [0.717, 1.165) is 42.3 Å². The number of halogens is 3. The number of benzene rings is 2. The fourth-order valence-electron chi connectivity index (χ4n) is 4.96. The van der Waals surface area contributed by atoms with Gasteiger partial charge in [-0.25, -0.2) is 4.98 Å². The Bertz CT molecular complexity index is 1800. The predicted octanol–water partition coefficient (Wildman–Crippen LogP) is 7.10. The molecular formula is C35H33F3N6O2. The summed E-state index contributed by atoms with van der Waals surface area (Å²) in [4.78, 5) is 39.4. The topological polar surface area (TPSA) is 109 Å². The van der Waals surface area contributed by atoms with Crippen molar-refractivity contribution in [2.24, 2.45) is 0 Å². The van der Waals surface area contributed by atoms with E-state index < -0.39 is 23.7 Å². The highest BCUT2D eigenvalue weighted by Crippen LogP contribution is 2.31. The summed E-state index contributed by atoms with van der Waals surface area (Å²) in [5.74, 6) is -0.322. The van der Waals surface area contributed by atoms with Crippen molar-refractivity contribution < 1.29 is 22.8 Å². The SMILES string of the molecule is CCCCCNC(=O)C(NCc1ccc2nc(NC(=O)c3cccnc3-c3ccc(C(F)(F)F)cc3)ccc2c1)c1ccccn1. The number of aromatic nitrogens is 3. The molecule has 2 amide bonds. The Morgan fingerprint density at radius 3 is 2.41 bits per heavy atom. The molecule has 3 N–H and O–H groups in total. The lowest BCUT2D eigenvalue weighted by Gasteiger charge is -2.18. The van der Waals surface area contributed by atoms with Crippen molar-refractivity contribution >= 4 is 28.5 Å². The van der Waals surface area contributed by atoms with Gasteiger partial charge in [0, 0.05) is 36.4 Å². The van der Waals surface area contributed by atoms with Gasteiger partial charge in [-0.05, 0) is 72.6 Å². The standard InChI is InChI=1S/C35H33F3N6O2/c1-2-3-5-19-41-34(46)32(29-9-4-6-18-39-29)42-22-23-10-16-28-25(21-23)13-17-30(43-28)44-33(45)27-8-7-20-40-31(27)24-11-14-26(15-12-24)35(36,37)38/h4,6-18,20-21,32,42H,2-3,5,19,22H2,1H3,(H,41,46)(H,43,44,45). The lowest BCUT2D eigenvalue weighted by Crippen LogP contribution is -2.38. The average molecular weight is 627 g/mol. The highest BCUT2D eigenvalue weighted by molar-refractivity contribution is 6.08. The molecule has 3 aromatic heterocycles. The quantitative estimate of drug-likeness (QED) is 0.128. The van der Waals surface area contributed by atoms with Crippen LogP contribution < -0.4 is 16.0 Å². The van der Waals surface area contributed by atoms with Crippen LogP contribution in [0.5, 0.6) is 0 Å². The summed E-state index contributed by atoms with van der Waals surface area (Å²) in [7, 11) is 0. The van der Waals surface area contributed by atoms with Crippen LogP contribution >= 0.6 is 0 Å². The van der Waals surface area contributed by atoms with E-state index in [0.29, 0.717) is 35.7 Å². The summed E-state index contributed by atoms with van der Waals surface area (Å²) in [5, 5.41) is 9.94. The maximum atomic E-state index is 13.2. The minimum absolute atomic E-state index is 0.132.